The first kappa shape index (κ1) is 14.2. The monoisotopic (exact) mass is 351 g/mol. The van der Waals surface area contributed by atoms with Crippen molar-refractivity contribution in [3.8, 4) is 5.75 Å². The highest BCUT2D eigenvalue weighted by molar-refractivity contribution is 9.10. The third kappa shape index (κ3) is 2.96. The molecule has 6 heteroatoms. The standard InChI is InChI=1S/C15H14BrNO4/c16-11-5-9-1-3-21-14(9)10(6-11)7-17-8-13-12(15(18)19)2-4-20-13/h2,4-6,17H,1,3,7-8H2,(H,18,19). The van der Waals surface area contributed by atoms with Gasteiger partial charge in [-0.3, -0.25) is 0 Å². The number of carboxylic acid groups (broad SMARTS) is 1. The minimum absolute atomic E-state index is 0.193. The van der Waals surface area contributed by atoms with Gasteiger partial charge in [0.1, 0.15) is 17.1 Å². The van der Waals surface area contributed by atoms with Crippen molar-refractivity contribution in [1.29, 1.82) is 0 Å². The summed E-state index contributed by atoms with van der Waals surface area (Å²) in [7, 11) is 0. The van der Waals surface area contributed by atoms with Gasteiger partial charge in [-0.2, -0.15) is 0 Å². The van der Waals surface area contributed by atoms with Gasteiger partial charge in [0.25, 0.3) is 0 Å². The largest absolute Gasteiger partial charge is 0.493 e. The number of halogens is 1. The number of carboxylic acids is 1. The van der Waals surface area contributed by atoms with Gasteiger partial charge in [0.2, 0.25) is 0 Å². The molecule has 0 bridgehead atoms. The number of hydrogen-bond donors (Lipinski definition) is 2. The summed E-state index contributed by atoms with van der Waals surface area (Å²) in [6.07, 6.45) is 2.31. The van der Waals surface area contributed by atoms with Crippen molar-refractivity contribution in [2.75, 3.05) is 6.61 Å². The van der Waals surface area contributed by atoms with E-state index in [0.29, 0.717) is 25.5 Å². The molecule has 1 aromatic heterocycles. The van der Waals surface area contributed by atoms with Crippen LogP contribution >= 0.6 is 15.9 Å². The summed E-state index contributed by atoms with van der Waals surface area (Å²) in [6, 6.07) is 5.54. The van der Waals surface area contributed by atoms with E-state index in [1.54, 1.807) is 0 Å². The van der Waals surface area contributed by atoms with Crippen molar-refractivity contribution in [2.45, 2.75) is 19.5 Å². The van der Waals surface area contributed by atoms with Crippen LogP contribution in [0.25, 0.3) is 0 Å². The van der Waals surface area contributed by atoms with Crippen molar-refractivity contribution < 1.29 is 19.1 Å². The van der Waals surface area contributed by atoms with Gasteiger partial charge in [-0.05, 0) is 23.8 Å². The number of fused-ring (bicyclic) bond motifs is 1. The van der Waals surface area contributed by atoms with Crippen LogP contribution in [0.1, 0.15) is 27.2 Å². The normalized spacial score (nSPS) is 13.0. The van der Waals surface area contributed by atoms with Crippen LogP contribution in [0.2, 0.25) is 0 Å². The number of furan rings is 1. The summed E-state index contributed by atoms with van der Waals surface area (Å²) in [6.45, 7) is 1.65. The Morgan fingerprint density at radius 1 is 1.38 bits per heavy atom. The van der Waals surface area contributed by atoms with Crippen LogP contribution in [-0.2, 0) is 19.5 Å². The Morgan fingerprint density at radius 3 is 3.05 bits per heavy atom. The van der Waals surface area contributed by atoms with Gasteiger partial charge < -0.3 is 19.6 Å². The molecule has 0 radical (unpaired) electrons. The molecule has 5 nitrogen and oxygen atoms in total. The average molecular weight is 352 g/mol. The molecule has 0 saturated carbocycles. The zero-order valence-corrected chi connectivity index (χ0v) is 12.8. The molecular formula is C15H14BrNO4. The predicted octanol–water partition coefficient (Wildman–Crippen LogP) is 2.97. The van der Waals surface area contributed by atoms with Crippen LogP contribution in [0, 0.1) is 0 Å². The first-order chi connectivity index (χ1) is 10.1. The first-order valence-corrected chi connectivity index (χ1v) is 7.39. The third-order valence-corrected chi connectivity index (χ3v) is 3.86. The van der Waals surface area contributed by atoms with Gasteiger partial charge in [-0.15, -0.1) is 0 Å². The average Bonchev–Trinajstić information content (AvgIpc) is 3.06. The van der Waals surface area contributed by atoms with E-state index in [4.69, 9.17) is 14.3 Å². The molecule has 0 saturated heterocycles. The lowest BCUT2D eigenvalue weighted by Gasteiger charge is -2.10. The molecule has 3 rings (SSSR count). The second-order valence-electron chi connectivity index (χ2n) is 4.82. The number of rotatable bonds is 5. The Bertz CT molecular complexity index is 680. The lowest BCUT2D eigenvalue weighted by molar-refractivity contribution is 0.0694. The highest BCUT2D eigenvalue weighted by Gasteiger charge is 2.18. The van der Waals surface area contributed by atoms with Gasteiger partial charge in [-0.1, -0.05) is 15.9 Å². The molecule has 2 N–H and O–H groups in total. The van der Waals surface area contributed by atoms with Gasteiger partial charge in [0.05, 0.1) is 19.4 Å². The van der Waals surface area contributed by atoms with Crippen molar-refractivity contribution >= 4 is 21.9 Å². The highest BCUT2D eigenvalue weighted by atomic mass is 79.9. The predicted molar refractivity (Wildman–Crippen MR) is 79.6 cm³/mol. The van der Waals surface area contributed by atoms with Crippen LogP contribution in [0.15, 0.2) is 33.4 Å². The van der Waals surface area contributed by atoms with E-state index in [2.05, 4.69) is 27.3 Å². The second kappa shape index (κ2) is 5.91. The van der Waals surface area contributed by atoms with Gasteiger partial charge in [-0.25, -0.2) is 4.79 Å². The molecule has 0 fully saturated rings. The topological polar surface area (TPSA) is 71.7 Å². The molecule has 0 unspecified atom stereocenters. The van der Waals surface area contributed by atoms with Crippen LogP contribution < -0.4 is 10.1 Å². The molecule has 2 aromatic rings. The van der Waals surface area contributed by atoms with Crippen LogP contribution in [-0.4, -0.2) is 17.7 Å². The second-order valence-corrected chi connectivity index (χ2v) is 5.73. The number of ether oxygens (including phenoxy) is 1. The summed E-state index contributed by atoms with van der Waals surface area (Å²) >= 11 is 3.50. The minimum Gasteiger partial charge on any atom is -0.493 e. The SMILES string of the molecule is O=C(O)c1ccoc1CNCc1cc(Br)cc2c1OCC2. The van der Waals surface area contributed by atoms with Crippen molar-refractivity contribution in [1.82, 2.24) is 5.32 Å². The van der Waals surface area contributed by atoms with Crippen LogP contribution in [0.4, 0.5) is 0 Å². The van der Waals surface area contributed by atoms with E-state index in [0.717, 1.165) is 22.2 Å². The van der Waals surface area contributed by atoms with Crippen molar-refractivity contribution in [3.63, 3.8) is 0 Å². The fraction of sp³-hybridized carbons (Fsp3) is 0.267. The molecule has 1 aromatic carbocycles. The number of aromatic carboxylic acids is 1. The zero-order chi connectivity index (χ0) is 14.8. The molecular weight excluding hydrogens is 338 g/mol. The molecule has 1 aliphatic rings. The summed E-state index contributed by atoms with van der Waals surface area (Å²) in [4.78, 5) is 11.0. The number of carbonyl (C=O) groups is 1. The van der Waals surface area contributed by atoms with Crippen LogP contribution in [0.3, 0.4) is 0 Å². The lowest BCUT2D eigenvalue weighted by atomic mass is 10.1. The molecule has 110 valence electrons. The van der Waals surface area contributed by atoms with E-state index in [9.17, 15) is 4.79 Å². The summed E-state index contributed by atoms with van der Waals surface area (Å²) in [5.41, 5.74) is 2.45. The maximum atomic E-state index is 11.0. The Hall–Kier alpha value is -1.79. The quantitative estimate of drug-likeness (QED) is 0.866. The fourth-order valence-electron chi connectivity index (χ4n) is 2.46. The van der Waals surface area contributed by atoms with E-state index in [1.807, 2.05) is 6.07 Å². The molecule has 0 aliphatic carbocycles. The lowest BCUT2D eigenvalue weighted by Crippen LogP contribution is -2.15. The van der Waals surface area contributed by atoms with Crippen LogP contribution in [0.5, 0.6) is 5.75 Å². The van der Waals surface area contributed by atoms with E-state index in [1.165, 1.54) is 17.9 Å². The molecule has 1 aliphatic heterocycles. The number of hydrogen-bond acceptors (Lipinski definition) is 4. The first-order valence-electron chi connectivity index (χ1n) is 6.59. The third-order valence-electron chi connectivity index (χ3n) is 3.40. The fourth-order valence-corrected chi connectivity index (χ4v) is 3.01. The molecule has 0 amide bonds. The number of nitrogens with one attached hydrogen (secondary N) is 1. The minimum atomic E-state index is -0.979. The van der Waals surface area contributed by atoms with Gasteiger partial charge >= 0.3 is 5.97 Å². The highest BCUT2D eigenvalue weighted by Crippen LogP contribution is 2.32. The maximum Gasteiger partial charge on any atom is 0.339 e. The Labute approximate surface area is 130 Å². The Balaban J connectivity index is 1.69. The molecule has 0 atom stereocenters. The molecule has 2 heterocycles. The smallest absolute Gasteiger partial charge is 0.339 e. The van der Waals surface area contributed by atoms with Gasteiger partial charge in [0.15, 0.2) is 0 Å². The number of benzene rings is 1. The van der Waals surface area contributed by atoms with E-state index < -0.39 is 5.97 Å². The molecule has 21 heavy (non-hydrogen) atoms. The maximum absolute atomic E-state index is 11.0. The Morgan fingerprint density at radius 2 is 2.24 bits per heavy atom. The Kier molecular flexibility index (Phi) is 3.98. The summed E-state index contributed by atoms with van der Waals surface area (Å²) < 4.78 is 11.9. The summed E-state index contributed by atoms with van der Waals surface area (Å²) in [5, 5.41) is 12.2. The van der Waals surface area contributed by atoms with Crippen molar-refractivity contribution in [3.05, 3.63) is 51.4 Å². The van der Waals surface area contributed by atoms with Crippen molar-refractivity contribution in [2.24, 2.45) is 0 Å². The van der Waals surface area contributed by atoms with E-state index >= 15 is 0 Å². The van der Waals surface area contributed by atoms with E-state index in [-0.39, 0.29) is 5.56 Å². The molecule has 0 spiro atoms. The zero-order valence-electron chi connectivity index (χ0n) is 11.2. The van der Waals surface area contributed by atoms with Gasteiger partial charge in [0, 0.05) is 23.0 Å². The summed E-state index contributed by atoms with van der Waals surface area (Å²) in [5.74, 6) is 0.380.